The summed E-state index contributed by atoms with van der Waals surface area (Å²) in [7, 11) is 0. The smallest absolute Gasteiger partial charge is 0.282 e. The Morgan fingerprint density at radius 3 is 2.67 bits per heavy atom. The van der Waals surface area contributed by atoms with Crippen LogP contribution >= 0.6 is 23.1 Å². The normalized spacial score (nSPS) is 17.7. The van der Waals surface area contributed by atoms with Gasteiger partial charge in [0.2, 0.25) is 15.2 Å². The van der Waals surface area contributed by atoms with E-state index in [9.17, 15) is 18.0 Å². The van der Waals surface area contributed by atoms with E-state index >= 15 is 0 Å². The third-order valence-corrected chi connectivity index (χ3v) is 6.69. The zero-order valence-electron chi connectivity index (χ0n) is 16.9. The second-order valence-corrected chi connectivity index (χ2v) is 9.07. The maximum absolute atomic E-state index is 13.1. The van der Waals surface area contributed by atoms with Crippen LogP contribution in [0.15, 0.2) is 46.0 Å². The Morgan fingerprint density at radius 1 is 1.21 bits per heavy atom. The molecule has 0 atom stereocenters. The Hall–Kier alpha value is -3.32. The van der Waals surface area contributed by atoms with Gasteiger partial charge < -0.3 is 0 Å². The van der Waals surface area contributed by atoms with Crippen molar-refractivity contribution in [3.05, 3.63) is 46.6 Å². The van der Waals surface area contributed by atoms with Crippen molar-refractivity contribution < 1.29 is 18.0 Å². The molecule has 2 aliphatic heterocycles. The molecule has 0 saturated carbocycles. The summed E-state index contributed by atoms with van der Waals surface area (Å²) in [4.78, 5) is 21.7. The molecule has 8 nitrogen and oxygen atoms in total. The van der Waals surface area contributed by atoms with Crippen molar-refractivity contribution in [2.24, 2.45) is 10.1 Å². The first-order chi connectivity index (χ1) is 15.8. The van der Waals surface area contributed by atoms with Gasteiger partial charge in [0, 0.05) is 12.0 Å². The molecule has 1 N–H and O–H groups in total. The molecular formula is C20H14F3N7OS2. The van der Waals surface area contributed by atoms with E-state index in [1.165, 1.54) is 17.4 Å². The number of aryl methyl sites for hydroxylation is 1. The fourth-order valence-corrected chi connectivity index (χ4v) is 5.06. The highest BCUT2D eigenvalue weighted by atomic mass is 32.2. The average molecular weight is 490 g/mol. The van der Waals surface area contributed by atoms with Crippen LogP contribution in [0.3, 0.4) is 0 Å². The summed E-state index contributed by atoms with van der Waals surface area (Å²) in [6, 6.07) is 9.24. The molecule has 0 bridgehead atoms. The first kappa shape index (κ1) is 21.5. The van der Waals surface area contributed by atoms with E-state index in [2.05, 4.69) is 20.2 Å². The summed E-state index contributed by atoms with van der Waals surface area (Å²) in [6.07, 6.45) is -1.65. The summed E-state index contributed by atoms with van der Waals surface area (Å²) in [5, 5.41) is 16.5. The number of carbonyl (C=O) groups excluding carboxylic acids is 1. The maximum atomic E-state index is 13.1. The zero-order valence-corrected chi connectivity index (χ0v) is 18.6. The van der Waals surface area contributed by atoms with E-state index in [0.29, 0.717) is 16.3 Å². The Morgan fingerprint density at radius 2 is 1.97 bits per heavy atom. The molecule has 2 aliphatic rings. The molecule has 1 aromatic carbocycles. The molecule has 0 saturated heterocycles. The second-order valence-electron chi connectivity index (χ2n) is 7.07. The fourth-order valence-electron chi connectivity index (χ4n) is 3.30. The standard InChI is InChI=1S/C20H14F3N7OS2/c1-2-6-13-27-29-12(14(25-18(29)32-13)10-7-4-3-5-8-10)9-11-15(24)30-19(26-16(11)31)33-17(28-30)20(21,22)23/h3-5,7-9,24H,2,6H2,1H3/b11-9-,24-15?. The summed E-state index contributed by atoms with van der Waals surface area (Å²) < 4.78 is 40.8. The Kier molecular flexibility index (Phi) is 5.16. The first-order valence-electron chi connectivity index (χ1n) is 9.77. The number of rotatable bonds is 4. The highest BCUT2D eigenvalue weighted by molar-refractivity contribution is 8.27. The van der Waals surface area contributed by atoms with Gasteiger partial charge in [-0.25, -0.2) is 9.50 Å². The molecule has 1 amide bonds. The maximum Gasteiger partial charge on any atom is 0.441 e. The van der Waals surface area contributed by atoms with Gasteiger partial charge in [0.1, 0.15) is 5.01 Å². The number of benzene rings is 1. The third kappa shape index (κ3) is 3.76. The first-order valence-corrected chi connectivity index (χ1v) is 11.4. The fraction of sp³-hybridized carbons (Fsp3) is 0.200. The molecule has 0 aliphatic carbocycles. The van der Waals surface area contributed by atoms with Crippen LogP contribution in [0.4, 0.5) is 13.2 Å². The summed E-state index contributed by atoms with van der Waals surface area (Å²) in [5.41, 5.74) is 1.55. The summed E-state index contributed by atoms with van der Waals surface area (Å²) >= 11 is 1.63. The lowest BCUT2D eigenvalue weighted by Crippen LogP contribution is -2.35. The van der Waals surface area contributed by atoms with Crippen molar-refractivity contribution in [1.29, 1.82) is 5.41 Å². The van der Waals surface area contributed by atoms with Crippen molar-refractivity contribution in [2.75, 3.05) is 0 Å². The quantitative estimate of drug-likeness (QED) is 0.541. The molecule has 0 spiro atoms. The van der Waals surface area contributed by atoms with Crippen LogP contribution in [0.2, 0.25) is 0 Å². The van der Waals surface area contributed by atoms with Crippen molar-refractivity contribution in [2.45, 2.75) is 25.9 Å². The number of carbonyl (C=O) groups is 1. The number of amides is 1. The summed E-state index contributed by atoms with van der Waals surface area (Å²) in [5.74, 6) is -1.31. The lowest BCUT2D eigenvalue weighted by molar-refractivity contribution is -0.114. The molecule has 4 heterocycles. The molecule has 3 aromatic rings. The molecule has 2 aromatic heterocycles. The SMILES string of the molecule is CCCc1nn2c(/C=C3/C(=N)N4N=C(C(F)(F)F)SC4=NC3=O)c(-c3ccccc3)nc2s1. The molecule has 33 heavy (non-hydrogen) atoms. The number of nitrogens with one attached hydrogen (secondary N) is 1. The number of hydrogen-bond acceptors (Lipinski definition) is 7. The number of alkyl halides is 3. The van der Waals surface area contributed by atoms with Crippen LogP contribution < -0.4 is 0 Å². The van der Waals surface area contributed by atoms with E-state index < -0.39 is 23.0 Å². The van der Waals surface area contributed by atoms with Crippen LogP contribution in [-0.4, -0.2) is 47.7 Å². The van der Waals surface area contributed by atoms with Crippen LogP contribution in [0.5, 0.6) is 0 Å². The number of halogens is 3. The molecule has 168 valence electrons. The Labute approximate surface area is 193 Å². The van der Waals surface area contributed by atoms with Gasteiger partial charge >= 0.3 is 6.18 Å². The second kappa shape index (κ2) is 7.92. The van der Waals surface area contributed by atoms with Crippen molar-refractivity contribution >= 4 is 56.1 Å². The van der Waals surface area contributed by atoms with Gasteiger partial charge in [-0.2, -0.15) is 33.4 Å². The zero-order chi connectivity index (χ0) is 23.3. The topological polar surface area (TPSA) is 99.1 Å². The van der Waals surface area contributed by atoms with E-state index in [1.54, 1.807) is 4.52 Å². The molecule has 0 radical (unpaired) electrons. The Bertz CT molecular complexity index is 1390. The predicted molar refractivity (Wildman–Crippen MR) is 121 cm³/mol. The van der Waals surface area contributed by atoms with Crippen molar-refractivity contribution in [3.63, 3.8) is 0 Å². The lowest BCUT2D eigenvalue weighted by atomic mass is 10.1. The molecule has 0 fully saturated rings. The van der Waals surface area contributed by atoms with Gasteiger partial charge in [-0.05, 0) is 24.3 Å². The van der Waals surface area contributed by atoms with Crippen LogP contribution in [0, 0.1) is 5.41 Å². The van der Waals surface area contributed by atoms with Crippen molar-refractivity contribution in [1.82, 2.24) is 19.6 Å². The third-order valence-electron chi connectivity index (χ3n) is 4.77. The molecule has 0 unspecified atom stereocenters. The van der Waals surface area contributed by atoms with E-state index in [1.807, 2.05) is 37.3 Å². The minimum absolute atomic E-state index is 0.199. The number of fused-ring (bicyclic) bond motifs is 2. The number of aliphatic imine (C=N–C) groups is 1. The number of hydrogen-bond donors (Lipinski definition) is 1. The minimum Gasteiger partial charge on any atom is -0.282 e. The monoisotopic (exact) mass is 489 g/mol. The number of nitrogens with zero attached hydrogens (tertiary/aromatic N) is 6. The Balaban J connectivity index is 1.65. The lowest BCUT2D eigenvalue weighted by Gasteiger charge is -2.20. The highest BCUT2D eigenvalue weighted by Gasteiger charge is 2.46. The molecular weight excluding hydrogens is 475 g/mol. The van der Waals surface area contributed by atoms with Crippen LogP contribution in [0.25, 0.3) is 22.3 Å². The number of amidine groups is 2. The molecule has 13 heteroatoms. The number of thioether (sulfide) groups is 1. The van der Waals surface area contributed by atoms with Gasteiger partial charge in [-0.1, -0.05) is 48.6 Å². The van der Waals surface area contributed by atoms with Gasteiger partial charge in [-0.15, -0.1) is 0 Å². The predicted octanol–water partition coefficient (Wildman–Crippen LogP) is 4.59. The van der Waals surface area contributed by atoms with Gasteiger partial charge in [-0.3, -0.25) is 10.2 Å². The van der Waals surface area contributed by atoms with Gasteiger partial charge in [0.15, 0.2) is 5.84 Å². The van der Waals surface area contributed by atoms with Gasteiger partial charge in [0.05, 0.1) is 17.0 Å². The average Bonchev–Trinajstić information content (AvgIpc) is 3.45. The van der Waals surface area contributed by atoms with Crippen LogP contribution in [-0.2, 0) is 11.2 Å². The van der Waals surface area contributed by atoms with E-state index in [4.69, 9.17) is 5.41 Å². The highest BCUT2D eigenvalue weighted by Crippen LogP contribution is 2.36. The number of hydrazone groups is 1. The van der Waals surface area contributed by atoms with E-state index in [0.717, 1.165) is 28.4 Å². The number of aromatic nitrogens is 3. The van der Waals surface area contributed by atoms with E-state index in [-0.39, 0.29) is 22.5 Å². The van der Waals surface area contributed by atoms with Crippen molar-refractivity contribution in [3.8, 4) is 11.3 Å². The largest absolute Gasteiger partial charge is 0.441 e. The summed E-state index contributed by atoms with van der Waals surface area (Å²) in [6.45, 7) is 2.03. The molecule has 5 rings (SSSR count). The van der Waals surface area contributed by atoms with Crippen LogP contribution in [0.1, 0.15) is 24.0 Å². The van der Waals surface area contributed by atoms with Gasteiger partial charge in [0.25, 0.3) is 5.91 Å². The minimum atomic E-state index is -4.70. The number of imidazole rings is 1.